The fourth-order valence-corrected chi connectivity index (χ4v) is 3.63. The largest absolute Gasteiger partial charge is 0.394 e. The van der Waals surface area contributed by atoms with Crippen LogP contribution in [0, 0.1) is 17.8 Å². The number of ether oxygens (including phenoxy) is 1. The lowest BCUT2D eigenvalue weighted by molar-refractivity contribution is 0.00988. The molecule has 2 aliphatic carbocycles. The first-order chi connectivity index (χ1) is 8.31. The zero-order chi connectivity index (χ0) is 11.7. The molecule has 3 heteroatoms. The lowest BCUT2D eigenvalue weighted by atomic mass is 9.88. The molecule has 3 aliphatic rings. The summed E-state index contributed by atoms with van der Waals surface area (Å²) < 4.78 is 5.39. The lowest BCUT2D eigenvalue weighted by Gasteiger charge is -2.38. The number of aliphatic hydroxyl groups is 1. The van der Waals surface area contributed by atoms with Gasteiger partial charge in [-0.2, -0.15) is 0 Å². The van der Waals surface area contributed by atoms with E-state index in [1.165, 1.54) is 12.8 Å². The summed E-state index contributed by atoms with van der Waals surface area (Å²) in [5.41, 5.74) is -0.0657. The molecule has 3 rings (SSSR count). The summed E-state index contributed by atoms with van der Waals surface area (Å²) in [7, 11) is 0. The van der Waals surface area contributed by atoms with Crippen molar-refractivity contribution in [3.05, 3.63) is 12.2 Å². The van der Waals surface area contributed by atoms with E-state index >= 15 is 0 Å². The standard InChI is InChI=1S/C14H23NO2/c16-10-14(3-5-17-6-4-14)15-9-13-8-11-1-2-12(13)7-11/h1-2,11-13,15-16H,3-10H2. The molecule has 1 saturated heterocycles. The average Bonchev–Trinajstić information content (AvgIpc) is 3.00. The van der Waals surface area contributed by atoms with Crippen LogP contribution in [-0.2, 0) is 4.74 Å². The SMILES string of the molecule is OCC1(NCC2CC3C=CC2C3)CCOCC1. The van der Waals surface area contributed by atoms with Crippen molar-refractivity contribution < 1.29 is 9.84 Å². The van der Waals surface area contributed by atoms with Gasteiger partial charge in [-0.1, -0.05) is 12.2 Å². The van der Waals surface area contributed by atoms with E-state index in [4.69, 9.17) is 4.74 Å². The van der Waals surface area contributed by atoms with Crippen LogP contribution in [0.5, 0.6) is 0 Å². The van der Waals surface area contributed by atoms with Crippen LogP contribution >= 0.6 is 0 Å². The second kappa shape index (κ2) is 4.71. The summed E-state index contributed by atoms with van der Waals surface area (Å²) in [6, 6.07) is 0. The Kier molecular flexibility index (Phi) is 3.24. The van der Waals surface area contributed by atoms with Crippen molar-refractivity contribution in [3.8, 4) is 0 Å². The second-order valence-corrected chi connectivity index (χ2v) is 5.97. The van der Waals surface area contributed by atoms with Gasteiger partial charge >= 0.3 is 0 Å². The quantitative estimate of drug-likeness (QED) is 0.725. The Bertz CT molecular complexity index is 297. The third-order valence-corrected chi connectivity index (χ3v) is 4.91. The summed E-state index contributed by atoms with van der Waals surface area (Å²) in [6.45, 7) is 2.87. The Labute approximate surface area is 103 Å². The highest BCUT2D eigenvalue weighted by Crippen LogP contribution is 2.43. The highest BCUT2D eigenvalue weighted by atomic mass is 16.5. The summed E-state index contributed by atoms with van der Waals surface area (Å²) in [6.07, 6.45) is 9.38. The first-order valence-corrected chi connectivity index (χ1v) is 6.93. The first-order valence-electron chi connectivity index (χ1n) is 6.93. The number of allylic oxidation sites excluding steroid dienone is 2. The van der Waals surface area contributed by atoms with Crippen molar-refractivity contribution >= 4 is 0 Å². The molecule has 1 aliphatic heterocycles. The molecular weight excluding hydrogens is 214 g/mol. The molecule has 3 atom stereocenters. The molecule has 0 amide bonds. The van der Waals surface area contributed by atoms with Crippen LogP contribution in [-0.4, -0.2) is 37.0 Å². The van der Waals surface area contributed by atoms with E-state index in [9.17, 15) is 5.11 Å². The number of nitrogens with one attached hydrogen (secondary N) is 1. The van der Waals surface area contributed by atoms with Gasteiger partial charge in [0.2, 0.25) is 0 Å². The normalized spacial score (nSPS) is 38.8. The van der Waals surface area contributed by atoms with Crippen molar-refractivity contribution in [2.45, 2.75) is 31.2 Å². The Morgan fingerprint density at radius 3 is 2.65 bits per heavy atom. The maximum Gasteiger partial charge on any atom is 0.0615 e. The van der Waals surface area contributed by atoms with Gasteiger partial charge in [0.1, 0.15) is 0 Å². The molecule has 1 heterocycles. The van der Waals surface area contributed by atoms with Gasteiger partial charge in [-0.05, 0) is 50.0 Å². The summed E-state index contributed by atoms with van der Waals surface area (Å²) in [4.78, 5) is 0. The molecule has 0 aromatic carbocycles. The zero-order valence-corrected chi connectivity index (χ0v) is 10.4. The van der Waals surface area contributed by atoms with Crippen molar-refractivity contribution in [2.75, 3.05) is 26.4 Å². The third kappa shape index (κ3) is 2.28. The van der Waals surface area contributed by atoms with Crippen molar-refractivity contribution in [1.29, 1.82) is 0 Å². The number of hydrogen-bond acceptors (Lipinski definition) is 3. The molecule has 2 fully saturated rings. The molecule has 0 spiro atoms. The van der Waals surface area contributed by atoms with Gasteiger partial charge in [0.15, 0.2) is 0 Å². The number of aliphatic hydroxyl groups excluding tert-OH is 1. The zero-order valence-electron chi connectivity index (χ0n) is 10.4. The Morgan fingerprint density at radius 1 is 1.24 bits per heavy atom. The van der Waals surface area contributed by atoms with Gasteiger partial charge in [0.05, 0.1) is 6.61 Å². The van der Waals surface area contributed by atoms with Crippen LogP contribution in [0.3, 0.4) is 0 Å². The molecule has 1 saturated carbocycles. The first kappa shape index (κ1) is 11.7. The predicted molar refractivity (Wildman–Crippen MR) is 66.7 cm³/mol. The molecule has 2 N–H and O–H groups in total. The summed E-state index contributed by atoms with van der Waals surface area (Å²) in [5.74, 6) is 2.42. The van der Waals surface area contributed by atoms with Crippen LogP contribution in [0.2, 0.25) is 0 Å². The molecule has 3 unspecified atom stereocenters. The van der Waals surface area contributed by atoms with Crippen molar-refractivity contribution in [1.82, 2.24) is 5.32 Å². The van der Waals surface area contributed by atoms with Gasteiger partial charge < -0.3 is 15.2 Å². The fourth-order valence-electron chi connectivity index (χ4n) is 3.63. The summed E-state index contributed by atoms with van der Waals surface area (Å²) in [5, 5.41) is 13.3. The van der Waals surface area contributed by atoms with Crippen LogP contribution in [0.4, 0.5) is 0 Å². The molecule has 17 heavy (non-hydrogen) atoms. The minimum atomic E-state index is -0.0657. The van der Waals surface area contributed by atoms with Gasteiger partial charge in [0.25, 0.3) is 0 Å². The minimum Gasteiger partial charge on any atom is -0.394 e. The van der Waals surface area contributed by atoms with E-state index in [1.807, 2.05) is 0 Å². The third-order valence-electron chi connectivity index (χ3n) is 4.91. The highest BCUT2D eigenvalue weighted by Gasteiger charge is 2.38. The van der Waals surface area contributed by atoms with Crippen LogP contribution < -0.4 is 5.32 Å². The number of rotatable bonds is 4. The lowest BCUT2D eigenvalue weighted by Crippen LogP contribution is -2.53. The van der Waals surface area contributed by atoms with Crippen LogP contribution in [0.15, 0.2) is 12.2 Å². The van der Waals surface area contributed by atoms with Gasteiger partial charge in [-0.15, -0.1) is 0 Å². The van der Waals surface area contributed by atoms with Gasteiger partial charge in [0, 0.05) is 18.8 Å². The molecule has 2 bridgehead atoms. The smallest absolute Gasteiger partial charge is 0.0615 e. The Morgan fingerprint density at radius 2 is 2.06 bits per heavy atom. The molecular formula is C14H23NO2. The molecule has 96 valence electrons. The summed E-state index contributed by atoms with van der Waals surface area (Å²) >= 11 is 0. The molecule has 0 radical (unpaired) electrons. The van der Waals surface area contributed by atoms with E-state index in [2.05, 4.69) is 17.5 Å². The topological polar surface area (TPSA) is 41.5 Å². The molecule has 0 aromatic rings. The van der Waals surface area contributed by atoms with Crippen LogP contribution in [0.25, 0.3) is 0 Å². The monoisotopic (exact) mass is 237 g/mol. The minimum absolute atomic E-state index is 0.0657. The Hall–Kier alpha value is -0.380. The van der Waals surface area contributed by atoms with E-state index in [1.54, 1.807) is 0 Å². The highest BCUT2D eigenvalue weighted by molar-refractivity contribution is 5.10. The second-order valence-electron chi connectivity index (χ2n) is 5.97. The van der Waals surface area contributed by atoms with E-state index in [0.717, 1.165) is 50.4 Å². The Balaban J connectivity index is 1.54. The maximum absolute atomic E-state index is 9.62. The molecule has 0 aromatic heterocycles. The predicted octanol–water partition coefficient (Wildman–Crippen LogP) is 1.33. The van der Waals surface area contributed by atoms with Gasteiger partial charge in [-0.25, -0.2) is 0 Å². The fraction of sp³-hybridized carbons (Fsp3) is 0.857. The van der Waals surface area contributed by atoms with E-state index < -0.39 is 0 Å². The van der Waals surface area contributed by atoms with Crippen LogP contribution in [0.1, 0.15) is 25.7 Å². The number of hydrogen-bond donors (Lipinski definition) is 2. The van der Waals surface area contributed by atoms with E-state index in [-0.39, 0.29) is 12.1 Å². The van der Waals surface area contributed by atoms with E-state index in [0.29, 0.717) is 0 Å². The average molecular weight is 237 g/mol. The van der Waals surface area contributed by atoms with Crippen molar-refractivity contribution in [3.63, 3.8) is 0 Å². The maximum atomic E-state index is 9.62. The number of fused-ring (bicyclic) bond motifs is 2. The molecule has 3 nitrogen and oxygen atoms in total. The van der Waals surface area contributed by atoms with Gasteiger partial charge in [-0.3, -0.25) is 0 Å². The van der Waals surface area contributed by atoms with Crippen molar-refractivity contribution in [2.24, 2.45) is 17.8 Å².